The van der Waals surface area contributed by atoms with Crippen molar-refractivity contribution < 1.29 is 0 Å². The van der Waals surface area contributed by atoms with Gasteiger partial charge in [-0.1, -0.05) is 38.1 Å². The summed E-state index contributed by atoms with van der Waals surface area (Å²) in [5, 5.41) is 10.9. The molecule has 23 heavy (non-hydrogen) atoms. The first-order valence-electron chi connectivity index (χ1n) is 8.24. The number of benzene rings is 1. The van der Waals surface area contributed by atoms with Gasteiger partial charge < -0.3 is 10.6 Å². The standard InChI is InChI=1S/C18H27N5/c1-4-19-18(20-12-15(2)3)21-13-16-7-5-8-17(11-16)14-23-10-6-9-22-23/h5-11,15H,4,12-14H2,1-3H3,(H2,19,20,21). The normalized spacial score (nSPS) is 11.7. The van der Waals surface area contributed by atoms with Crippen LogP contribution in [0.5, 0.6) is 0 Å². The highest BCUT2D eigenvalue weighted by Gasteiger charge is 2.01. The highest BCUT2D eigenvalue weighted by Crippen LogP contribution is 2.08. The molecular formula is C18H27N5. The molecule has 0 amide bonds. The molecule has 0 saturated heterocycles. The second-order valence-electron chi connectivity index (χ2n) is 5.99. The Morgan fingerprint density at radius 3 is 2.74 bits per heavy atom. The molecule has 0 aliphatic heterocycles. The quantitative estimate of drug-likeness (QED) is 0.610. The molecule has 0 bridgehead atoms. The Hall–Kier alpha value is -2.30. The molecule has 1 heterocycles. The van der Waals surface area contributed by atoms with Crippen molar-refractivity contribution in [1.29, 1.82) is 0 Å². The number of nitrogens with one attached hydrogen (secondary N) is 2. The summed E-state index contributed by atoms with van der Waals surface area (Å²) in [6, 6.07) is 10.5. The summed E-state index contributed by atoms with van der Waals surface area (Å²) in [6.45, 7) is 9.70. The van der Waals surface area contributed by atoms with E-state index in [0.717, 1.165) is 25.6 Å². The molecule has 0 radical (unpaired) electrons. The Labute approximate surface area is 138 Å². The average molecular weight is 313 g/mol. The Morgan fingerprint density at radius 2 is 2.04 bits per heavy atom. The SMILES string of the molecule is CCNC(=NCc1cccc(Cn2cccn2)c1)NCC(C)C. The predicted octanol–water partition coefficient (Wildman–Crippen LogP) is 2.64. The lowest BCUT2D eigenvalue weighted by molar-refractivity contribution is 0.615. The lowest BCUT2D eigenvalue weighted by Crippen LogP contribution is -2.39. The molecule has 0 spiro atoms. The van der Waals surface area contributed by atoms with Crippen LogP contribution in [0.4, 0.5) is 0 Å². The second kappa shape index (κ2) is 8.98. The zero-order chi connectivity index (χ0) is 16.5. The van der Waals surface area contributed by atoms with Crippen LogP contribution in [0.15, 0.2) is 47.7 Å². The minimum Gasteiger partial charge on any atom is -0.357 e. The molecule has 2 aromatic rings. The number of nitrogens with zero attached hydrogens (tertiary/aromatic N) is 3. The molecule has 0 saturated carbocycles. The Balaban J connectivity index is 1.98. The van der Waals surface area contributed by atoms with E-state index >= 15 is 0 Å². The van der Waals surface area contributed by atoms with E-state index in [2.05, 4.69) is 65.8 Å². The second-order valence-corrected chi connectivity index (χ2v) is 5.99. The lowest BCUT2D eigenvalue weighted by atomic mass is 10.1. The summed E-state index contributed by atoms with van der Waals surface area (Å²) in [7, 11) is 0. The van der Waals surface area contributed by atoms with E-state index in [1.165, 1.54) is 11.1 Å². The van der Waals surface area contributed by atoms with Gasteiger partial charge in [0.2, 0.25) is 0 Å². The number of aromatic nitrogens is 2. The molecule has 0 unspecified atom stereocenters. The molecule has 0 fully saturated rings. The van der Waals surface area contributed by atoms with Gasteiger partial charge in [0.05, 0.1) is 13.1 Å². The minimum atomic E-state index is 0.594. The van der Waals surface area contributed by atoms with Crippen LogP contribution in [-0.4, -0.2) is 28.8 Å². The van der Waals surface area contributed by atoms with Crippen molar-refractivity contribution in [2.24, 2.45) is 10.9 Å². The van der Waals surface area contributed by atoms with Gasteiger partial charge >= 0.3 is 0 Å². The maximum atomic E-state index is 4.67. The molecule has 124 valence electrons. The van der Waals surface area contributed by atoms with Crippen molar-refractivity contribution >= 4 is 5.96 Å². The first kappa shape index (κ1) is 17.1. The van der Waals surface area contributed by atoms with E-state index in [4.69, 9.17) is 0 Å². The fourth-order valence-electron chi connectivity index (χ4n) is 2.22. The van der Waals surface area contributed by atoms with Crippen LogP contribution in [-0.2, 0) is 13.1 Å². The van der Waals surface area contributed by atoms with Crippen molar-refractivity contribution in [3.63, 3.8) is 0 Å². The van der Waals surface area contributed by atoms with Gasteiger partial charge in [-0.15, -0.1) is 0 Å². The highest BCUT2D eigenvalue weighted by molar-refractivity contribution is 5.79. The van der Waals surface area contributed by atoms with Crippen LogP contribution in [0, 0.1) is 5.92 Å². The highest BCUT2D eigenvalue weighted by atomic mass is 15.3. The third-order valence-electron chi connectivity index (χ3n) is 3.34. The zero-order valence-corrected chi connectivity index (χ0v) is 14.3. The van der Waals surface area contributed by atoms with Gasteiger partial charge in [-0.05, 0) is 30.0 Å². The minimum absolute atomic E-state index is 0.594. The molecule has 0 atom stereocenters. The van der Waals surface area contributed by atoms with Crippen molar-refractivity contribution in [2.75, 3.05) is 13.1 Å². The Kier molecular flexibility index (Phi) is 6.66. The number of rotatable bonds is 7. The molecule has 1 aromatic carbocycles. The summed E-state index contributed by atoms with van der Waals surface area (Å²) in [6.07, 6.45) is 3.78. The van der Waals surface area contributed by atoms with Crippen molar-refractivity contribution in [3.8, 4) is 0 Å². The first-order valence-corrected chi connectivity index (χ1v) is 8.24. The van der Waals surface area contributed by atoms with Crippen molar-refractivity contribution in [3.05, 3.63) is 53.9 Å². The van der Waals surface area contributed by atoms with Gasteiger partial charge in [0.15, 0.2) is 5.96 Å². The third-order valence-corrected chi connectivity index (χ3v) is 3.34. The fraction of sp³-hybridized carbons (Fsp3) is 0.444. The third kappa shape index (κ3) is 6.14. The fourth-order valence-corrected chi connectivity index (χ4v) is 2.22. The monoisotopic (exact) mass is 313 g/mol. The number of aliphatic imine (C=N–C) groups is 1. The molecule has 5 nitrogen and oxygen atoms in total. The molecule has 5 heteroatoms. The van der Waals surface area contributed by atoms with E-state index < -0.39 is 0 Å². The maximum absolute atomic E-state index is 4.67. The number of guanidine groups is 1. The molecule has 0 aliphatic rings. The lowest BCUT2D eigenvalue weighted by Gasteiger charge is -2.13. The van der Waals surface area contributed by atoms with E-state index in [9.17, 15) is 0 Å². The number of hydrogen-bond donors (Lipinski definition) is 2. The van der Waals surface area contributed by atoms with Gasteiger partial charge in [0, 0.05) is 25.5 Å². The van der Waals surface area contributed by atoms with Gasteiger partial charge in [-0.25, -0.2) is 4.99 Å². The average Bonchev–Trinajstić information content (AvgIpc) is 3.03. The van der Waals surface area contributed by atoms with Crippen LogP contribution in [0.2, 0.25) is 0 Å². The van der Waals surface area contributed by atoms with Crippen LogP contribution < -0.4 is 10.6 Å². The summed E-state index contributed by atoms with van der Waals surface area (Å²) in [5.74, 6) is 1.47. The summed E-state index contributed by atoms with van der Waals surface area (Å²) >= 11 is 0. The first-order chi connectivity index (χ1) is 11.2. The van der Waals surface area contributed by atoms with Gasteiger partial charge in [-0.2, -0.15) is 5.10 Å². The van der Waals surface area contributed by atoms with E-state index in [-0.39, 0.29) is 0 Å². The largest absolute Gasteiger partial charge is 0.357 e. The maximum Gasteiger partial charge on any atom is 0.191 e. The topological polar surface area (TPSA) is 54.2 Å². The molecule has 0 aliphatic carbocycles. The van der Waals surface area contributed by atoms with Gasteiger partial charge in [-0.3, -0.25) is 4.68 Å². The van der Waals surface area contributed by atoms with Gasteiger partial charge in [0.1, 0.15) is 0 Å². The van der Waals surface area contributed by atoms with Crippen molar-refractivity contribution in [1.82, 2.24) is 20.4 Å². The smallest absolute Gasteiger partial charge is 0.191 e. The zero-order valence-electron chi connectivity index (χ0n) is 14.3. The van der Waals surface area contributed by atoms with Gasteiger partial charge in [0.25, 0.3) is 0 Å². The summed E-state index contributed by atoms with van der Waals surface area (Å²) in [4.78, 5) is 4.67. The van der Waals surface area contributed by atoms with Crippen LogP contribution in [0.25, 0.3) is 0 Å². The van der Waals surface area contributed by atoms with Crippen molar-refractivity contribution in [2.45, 2.75) is 33.9 Å². The van der Waals surface area contributed by atoms with Crippen LogP contribution in [0.1, 0.15) is 31.9 Å². The summed E-state index contributed by atoms with van der Waals surface area (Å²) < 4.78 is 1.93. The molecule has 1 aromatic heterocycles. The molecule has 2 N–H and O–H groups in total. The Bertz CT molecular complexity index is 602. The molecular weight excluding hydrogens is 286 g/mol. The van der Waals surface area contributed by atoms with E-state index in [0.29, 0.717) is 12.5 Å². The predicted molar refractivity (Wildman–Crippen MR) is 95.4 cm³/mol. The summed E-state index contributed by atoms with van der Waals surface area (Å²) in [5.41, 5.74) is 2.44. The number of hydrogen-bond acceptors (Lipinski definition) is 2. The molecule has 2 rings (SSSR count). The van der Waals surface area contributed by atoms with E-state index in [1.54, 1.807) is 6.20 Å². The van der Waals surface area contributed by atoms with E-state index in [1.807, 2.05) is 16.9 Å². The Morgan fingerprint density at radius 1 is 1.22 bits per heavy atom. The van der Waals surface area contributed by atoms with Crippen LogP contribution in [0.3, 0.4) is 0 Å². The van der Waals surface area contributed by atoms with Crippen LogP contribution >= 0.6 is 0 Å².